The Labute approximate surface area is 535 Å². The van der Waals surface area contributed by atoms with Crippen molar-refractivity contribution >= 4 is 59.0 Å². The largest absolute Gasteiger partial charge is 0.368 e. The predicted octanol–water partition coefficient (Wildman–Crippen LogP) is 6.24. The molecule has 4 atom stereocenters. The van der Waals surface area contributed by atoms with E-state index in [1.54, 1.807) is 38.6 Å². The number of aryl methyl sites for hydroxylation is 1. The van der Waals surface area contributed by atoms with Crippen molar-refractivity contribution in [2.75, 3.05) is 71.2 Å². The van der Waals surface area contributed by atoms with Gasteiger partial charge < -0.3 is 52.3 Å². The highest BCUT2D eigenvalue weighted by molar-refractivity contribution is 7.98. The molecule has 5 aromatic rings. The Morgan fingerprint density at radius 1 is 0.533 bits per heavy atom. The molecule has 8 amide bonds. The summed E-state index contributed by atoms with van der Waals surface area (Å²) in [6, 6.07) is 44.1. The van der Waals surface area contributed by atoms with Crippen molar-refractivity contribution < 1.29 is 38.4 Å². The molecule has 8 N–H and O–H groups in total. The Morgan fingerprint density at radius 2 is 1.02 bits per heavy atom. The first kappa shape index (κ1) is 68.0. The van der Waals surface area contributed by atoms with Crippen molar-refractivity contribution in [3.63, 3.8) is 0 Å². The molecule has 2 aliphatic carbocycles. The van der Waals surface area contributed by atoms with Crippen LogP contribution >= 0.6 is 11.8 Å². The zero-order valence-corrected chi connectivity index (χ0v) is 52.8. The number of nitrogens with two attached hydrogens (primary N) is 2. The summed E-state index contributed by atoms with van der Waals surface area (Å²) in [4.78, 5) is 120. The Bertz CT molecular complexity index is 3080. The summed E-state index contributed by atoms with van der Waals surface area (Å²) < 4.78 is 0. The Hall–Kier alpha value is -7.87. The third-order valence-electron chi connectivity index (χ3n) is 16.8. The summed E-state index contributed by atoms with van der Waals surface area (Å²) in [6.45, 7) is 0.487. The molecule has 0 saturated heterocycles. The Kier molecular flexibility index (Phi) is 27.3. The number of carbonyl (C=O) groups is 8. The maximum absolute atomic E-state index is 14.7. The highest BCUT2D eigenvalue weighted by Crippen LogP contribution is 2.34. The monoisotopic (exact) mass is 1240 g/mol. The average Bonchev–Trinajstić information content (AvgIpc) is 3.49. The van der Waals surface area contributed by atoms with Gasteiger partial charge >= 0.3 is 0 Å². The molecule has 4 aliphatic rings. The number of primary amides is 1. The minimum Gasteiger partial charge on any atom is -0.368 e. The highest BCUT2D eigenvalue weighted by Gasteiger charge is 2.33. The van der Waals surface area contributed by atoms with Gasteiger partial charge in [0.15, 0.2) is 0 Å². The molecule has 18 nitrogen and oxygen atoms in total. The number of amides is 8. The molecule has 480 valence electrons. The van der Waals surface area contributed by atoms with Crippen LogP contribution in [0.3, 0.4) is 0 Å². The molecule has 0 radical (unpaired) electrons. The molecule has 90 heavy (non-hydrogen) atoms. The van der Waals surface area contributed by atoms with Crippen molar-refractivity contribution in [1.82, 2.24) is 40.9 Å². The normalized spacial score (nSPS) is 20.2. The lowest BCUT2D eigenvalue weighted by atomic mass is 10.0. The zero-order valence-electron chi connectivity index (χ0n) is 52.0. The molecular formula is C71H92N10O8S. The van der Waals surface area contributed by atoms with Gasteiger partial charge in [0.05, 0.1) is 31.7 Å². The maximum Gasteiger partial charge on any atom is 0.251 e. The van der Waals surface area contributed by atoms with Crippen LogP contribution in [0.2, 0.25) is 0 Å². The number of hydrogen-bond donors (Lipinski definition) is 6. The van der Waals surface area contributed by atoms with Gasteiger partial charge in [0, 0.05) is 94.1 Å². The van der Waals surface area contributed by atoms with E-state index in [-0.39, 0.29) is 125 Å². The molecule has 19 heteroatoms. The van der Waals surface area contributed by atoms with Crippen LogP contribution in [0.1, 0.15) is 109 Å². The molecule has 2 fully saturated rings. The predicted molar refractivity (Wildman–Crippen MR) is 352 cm³/mol. The van der Waals surface area contributed by atoms with E-state index in [0.29, 0.717) is 75.1 Å². The van der Waals surface area contributed by atoms with Gasteiger partial charge in [-0.05, 0) is 123 Å². The van der Waals surface area contributed by atoms with Crippen LogP contribution in [0.5, 0.6) is 0 Å². The molecule has 2 bridgehead atoms. The molecule has 2 aliphatic heterocycles. The Morgan fingerprint density at radius 3 is 1.53 bits per heavy atom. The van der Waals surface area contributed by atoms with Gasteiger partial charge in [0.1, 0.15) is 0 Å². The summed E-state index contributed by atoms with van der Waals surface area (Å²) in [7, 11) is 0. The summed E-state index contributed by atoms with van der Waals surface area (Å²) in [5.74, 6) is -1.16. The lowest BCUT2D eigenvalue weighted by Crippen LogP contribution is -2.54. The number of thioether (sulfide) groups is 1. The molecule has 0 aromatic heterocycles. The van der Waals surface area contributed by atoms with Gasteiger partial charge in [0.25, 0.3) is 5.91 Å². The van der Waals surface area contributed by atoms with Crippen molar-refractivity contribution in [1.29, 1.82) is 0 Å². The van der Waals surface area contributed by atoms with E-state index in [0.717, 1.165) is 53.5 Å². The number of benzene rings is 5. The van der Waals surface area contributed by atoms with Gasteiger partial charge in [-0.3, -0.25) is 38.4 Å². The quantitative estimate of drug-likeness (QED) is 0.0399. The van der Waals surface area contributed by atoms with Crippen LogP contribution in [0.4, 0.5) is 0 Å². The van der Waals surface area contributed by atoms with Crippen LogP contribution in [0.25, 0.3) is 0 Å². The van der Waals surface area contributed by atoms with Crippen LogP contribution in [-0.4, -0.2) is 162 Å². The van der Waals surface area contributed by atoms with E-state index in [1.807, 2.05) is 133 Å². The van der Waals surface area contributed by atoms with Crippen LogP contribution in [0.15, 0.2) is 146 Å². The molecule has 2 heterocycles. The molecule has 9 rings (SSSR count). The first-order valence-corrected chi connectivity index (χ1v) is 33.4. The lowest BCUT2D eigenvalue weighted by Gasteiger charge is -2.32. The van der Waals surface area contributed by atoms with Crippen LogP contribution in [0, 0.1) is 11.8 Å². The van der Waals surface area contributed by atoms with E-state index in [2.05, 4.69) is 21.3 Å². The number of nitrogens with one attached hydrogen (secondary N) is 4. The second-order valence-corrected chi connectivity index (χ2v) is 25.7. The van der Waals surface area contributed by atoms with Crippen molar-refractivity contribution in [3.05, 3.63) is 179 Å². The fourth-order valence-corrected chi connectivity index (χ4v) is 12.5. The molecular weight excluding hydrogens is 1150 g/mol. The summed E-state index contributed by atoms with van der Waals surface area (Å²) >= 11 is 1.55. The number of carbonyl (C=O) groups excluding carboxylic acids is 8. The third kappa shape index (κ3) is 24.5. The fourth-order valence-electron chi connectivity index (χ4n) is 11.6. The molecule has 2 saturated carbocycles. The van der Waals surface area contributed by atoms with Crippen LogP contribution in [-0.2, 0) is 65.0 Å². The van der Waals surface area contributed by atoms with E-state index < -0.39 is 35.8 Å². The van der Waals surface area contributed by atoms with Gasteiger partial charge in [0.2, 0.25) is 41.4 Å². The Balaban J connectivity index is 1.11. The summed E-state index contributed by atoms with van der Waals surface area (Å²) in [5, 5.41) is 13.3. The zero-order chi connectivity index (χ0) is 63.5. The maximum atomic E-state index is 14.7. The standard InChI is InChI=1S/C71H92N10O8S/c72-35-14-13-23-60-44-78(67(85)33-30-52-15-5-1-6-16-52)37-36-74-61(39-53-17-7-2-8-18-53)45-79(48-64(73)82)68(86)34-38-90-51-58-28-31-59(32-29-58)71(89)77-63(41-55-21-11-4-12-22-55)47-81(70(88)43-57-26-27-57)50-66(84)76-62(40-54-19-9-3-10-20-54)46-80(49-65(83)75-60)69(87)42-56-24-25-56/h1-12,15-22,28-29,31-32,56-57,60-63,74H,13-14,23-27,30,33-51,72H2,(H2,73,82)(H,75,83)(H,76,84)(H,77,89)/t60-,61-,62-,63-/m0/s1. The number of unbranched alkanes of at least 4 members (excludes halogenated alkanes) is 1. The highest BCUT2D eigenvalue weighted by atomic mass is 32.2. The summed E-state index contributed by atoms with van der Waals surface area (Å²) in [6.07, 6.45) is 8.06. The van der Waals surface area contributed by atoms with Crippen molar-refractivity contribution in [2.24, 2.45) is 23.3 Å². The first-order valence-electron chi connectivity index (χ1n) is 32.3. The van der Waals surface area contributed by atoms with Crippen LogP contribution < -0.4 is 32.7 Å². The smallest absolute Gasteiger partial charge is 0.251 e. The van der Waals surface area contributed by atoms with E-state index in [4.69, 9.17) is 11.5 Å². The molecule has 0 spiro atoms. The number of nitrogens with zero attached hydrogens (tertiary/aromatic N) is 4. The molecule has 0 unspecified atom stereocenters. The lowest BCUT2D eigenvalue weighted by molar-refractivity contribution is -0.138. The number of hydrogen-bond acceptors (Lipinski definition) is 11. The topological polar surface area (TPSA) is 250 Å². The fraction of sp³-hybridized carbons (Fsp3) is 0.465. The number of rotatable bonds is 19. The molecule has 5 aromatic carbocycles. The van der Waals surface area contributed by atoms with Gasteiger partial charge in [-0.15, -0.1) is 0 Å². The minimum absolute atomic E-state index is 0.0000159. The van der Waals surface area contributed by atoms with Crippen molar-refractivity contribution in [2.45, 2.75) is 126 Å². The SMILES string of the molecule is NCCCC[C@H]1CN(C(=O)CCc2ccccc2)CCN[C@@H](Cc2ccccc2)CN(CC(N)=O)C(=O)CCSCc2ccc(cc2)C(=O)N[C@@H](Cc2ccccc2)CN(C(=O)CC2CC2)CC(=O)N[C@@H](Cc2ccccc2)CN(C(=O)CC2CC2)CC(=O)N1. The summed E-state index contributed by atoms with van der Waals surface area (Å²) in [5.41, 5.74) is 17.1. The van der Waals surface area contributed by atoms with E-state index >= 15 is 0 Å². The second kappa shape index (κ2) is 36.1. The van der Waals surface area contributed by atoms with Gasteiger partial charge in [-0.1, -0.05) is 140 Å². The average molecular weight is 1250 g/mol. The van der Waals surface area contributed by atoms with Crippen molar-refractivity contribution in [3.8, 4) is 0 Å². The van der Waals surface area contributed by atoms with Gasteiger partial charge in [-0.2, -0.15) is 11.8 Å². The minimum atomic E-state index is -0.677. The third-order valence-corrected chi connectivity index (χ3v) is 17.8. The first-order chi connectivity index (χ1) is 43.7. The van der Waals surface area contributed by atoms with E-state index in [9.17, 15) is 38.4 Å². The van der Waals surface area contributed by atoms with Gasteiger partial charge in [-0.25, -0.2) is 0 Å². The second-order valence-electron chi connectivity index (χ2n) is 24.6. The van der Waals surface area contributed by atoms with E-state index in [1.165, 1.54) is 4.90 Å². The number of fused-ring (bicyclic) bond motifs is 29.